The molecular weight excluding hydrogens is 372 g/mol. The molecule has 0 atom stereocenters. The summed E-state index contributed by atoms with van der Waals surface area (Å²) in [7, 11) is 0. The van der Waals surface area contributed by atoms with Crippen LogP contribution in [0.4, 0.5) is 5.82 Å². The van der Waals surface area contributed by atoms with Crippen LogP contribution in [0.5, 0.6) is 0 Å². The van der Waals surface area contributed by atoms with Crippen LogP contribution in [0.1, 0.15) is 26.3 Å². The van der Waals surface area contributed by atoms with Crippen molar-refractivity contribution in [2.24, 2.45) is 0 Å². The van der Waals surface area contributed by atoms with Crippen molar-refractivity contribution >= 4 is 28.7 Å². The maximum Gasteiger partial charge on any atom is 0.262 e. The fraction of sp³-hybridized carbons (Fsp3) is 0.0476. The highest BCUT2D eigenvalue weighted by molar-refractivity contribution is 6.23. The van der Waals surface area contributed by atoms with Crippen molar-refractivity contribution in [1.82, 2.24) is 14.9 Å². The van der Waals surface area contributed by atoms with Gasteiger partial charge in [0.1, 0.15) is 11.3 Å². The molecule has 142 valence electrons. The lowest BCUT2D eigenvalue weighted by atomic mass is 10.1. The zero-order valence-electron chi connectivity index (χ0n) is 15.2. The van der Waals surface area contributed by atoms with Gasteiger partial charge >= 0.3 is 0 Å². The lowest BCUT2D eigenvalue weighted by molar-refractivity contribution is 0.0880. The van der Waals surface area contributed by atoms with Crippen LogP contribution in [0.15, 0.2) is 57.7 Å². The summed E-state index contributed by atoms with van der Waals surface area (Å²) >= 11 is 0. The van der Waals surface area contributed by atoms with E-state index in [1.807, 2.05) is 37.3 Å². The maximum absolute atomic E-state index is 12.6. The largest absolute Gasteiger partial charge is 0.436 e. The number of aromatic nitrogens is 2. The molecular formula is C21H14N4O4. The van der Waals surface area contributed by atoms with Gasteiger partial charge in [-0.25, -0.2) is 4.98 Å². The second kappa shape index (κ2) is 5.90. The van der Waals surface area contributed by atoms with Gasteiger partial charge in [0.25, 0.3) is 17.4 Å². The first-order valence-electron chi connectivity index (χ1n) is 8.82. The summed E-state index contributed by atoms with van der Waals surface area (Å²) in [5.74, 6) is -0.852. The van der Waals surface area contributed by atoms with Crippen molar-refractivity contribution in [3.8, 4) is 17.1 Å². The number of hydrogen-bond acceptors (Lipinski definition) is 6. The van der Waals surface area contributed by atoms with Gasteiger partial charge in [-0.15, -0.1) is 0 Å². The Morgan fingerprint density at radius 1 is 1.03 bits per heavy atom. The quantitative estimate of drug-likeness (QED) is 0.511. The molecule has 0 unspecified atom stereocenters. The second-order valence-corrected chi connectivity index (χ2v) is 6.76. The number of carbonyl (C=O) groups is 2. The van der Waals surface area contributed by atoms with Crippen LogP contribution < -0.4 is 16.6 Å². The zero-order chi connectivity index (χ0) is 20.3. The minimum Gasteiger partial charge on any atom is -0.436 e. The molecule has 2 aromatic heterocycles. The van der Waals surface area contributed by atoms with Gasteiger partial charge in [0.15, 0.2) is 5.58 Å². The number of amides is 2. The normalized spacial score (nSPS) is 13.0. The molecule has 0 bridgehead atoms. The summed E-state index contributed by atoms with van der Waals surface area (Å²) in [5, 5.41) is 2.16. The molecule has 29 heavy (non-hydrogen) atoms. The first kappa shape index (κ1) is 16.9. The van der Waals surface area contributed by atoms with E-state index < -0.39 is 17.4 Å². The highest BCUT2D eigenvalue weighted by Crippen LogP contribution is 2.29. The van der Waals surface area contributed by atoms with Crippen molar-refractivity contribution in [3.63, 3.8) is 0 Å². The Balaban J connectivity index is 1.65. The van der Waals surface area contributed by atoms with Crippen LogP contribution in [-0.2, 0) is 0 Å². The Hall–Kier alpha value is -4.20. The van der Waals surface area contributed by atoms with Crippen LogP contribution in [0, 0.1) is 6.92 Å². The van der Waals surface area contributed by atoms with E-state index in [2.05, 4.69) is 10.3 Å². The zero-order valence-corrected chi connectivity index (χ0v) is 15.2. The molecule has 2 amide bonds. The highest BCUT2D eigenvalue weighted by atomic mass is 16.3. The van der Waals surface area contributed by atoms with Gasteiger partial charge in [-0.2, -0.15) is 0 Å². The van der Waals surface area contributed by atoms with E-state index in [0.29, 0.717) is 17.2 Å². The van der Waals surface area contributed by atoms with E-state index in [0.717, 1.165) is 22.7 Å². The third-order valence-corrected chi connectivity index (χ3v) is 4.93. The number of rotatable bonds is 2. The molecule has 8 nitrogen and oxygen atoms in total. The summed E-state index contributed by atoms with van der Waals surface area (Å²) in [5.41, 5.74) is 9.01. The van der Waals surface area contributed by atoms with E-state index in [1.54, 1.807) is 12.1 Å². The lowest BCUT2D eigenvalue weighted by Crippen LogP contribution is -2.24. The molecule has 3 heterocycles. The third-order valence-electron chi connectivity index (χ3n) is 4.93. The number of nitrogens with two attached hydrogens (primary N) is 1. The van der Waals surface area contributed by atoms with Crippen molar-refractivity contribution in [3.05, 3.63) is 75.6 Å². The first-order valence-corrected chi connectivity index (χ1v) is 8.82. The predicted molar refractivity (Wildman–Crippen MR) is 106 cm³/mol. The minimum absolute atomic E-state index is 0.00509. The number of para-hydroxylation sites is 2. The van der Waals surface area contributed by atoms with Crippen LogP contribution in [-0.4, -0.2) is 21.4 Å². The molecule has 0 saturated heterocycles. The highest BCUT2D eigenvalue weighted by Gasteiger charge is 2.32. The second-order valence-electron chi connectivity index (χ2n) is 6.76. The van der Waals surface area contributed by atoms with E-state index in [4.69, 9.17) is 10.2 Å². The van der Waals surface area contributed by atoms with Crippen molar-refractivity contribution in [1.29, 1.82) is 0 Å². The van der Waals surface area contributed by atoms with Gasteiger partial charge in [0.05, 0.1) is 16.8 Å². The van der Waals surface area contributed by atoms with Gasteiger partial charge in [0.2, 0.25) is 5.89 Å². The van der Waals surface area contributed by atoms with E-state index in [9.17, 15) is 14.4 Å². The average Bonchev–Trinajstić information content (AvgIpc) is 3.24. The van der Waals surface area contributed by atoms with E-state index in [-0.39, 0.29) is 16.9 Å². The molecule has 1 aliphatic heterocycles. The minimum atomic E-state index is -0.621. The maximum atomic E-state index is 12.6. The Bertz CT molecular complexity index is 1380. The number of hydrogen-bond donors (Lipinski definition) is 2. The smallest absolute Gasteiger partial charge is 0.262 e. The lowest BCUT2D eigenvalue weighted by Gasteiger charge is -2.14. The van der Waals surface area contributed by atoms with Crippen molar-refractivity contribution < 1.29 is 14.0 Å². The number of aryl methyl sites for hydroxylation is 1. The van der Waals surface area contributed by atoms with Gasteiger partial charge < -0.3 is 10.2 Å². The van der Waals surface area contributed by atoms with Gasteiger partial charge in [-0.3, -0.25) is 24.3 Å². The van der Waals surface area contributed by atoms with Gasteiger partial charge in [0, 0.05) is 11.6 Å². The molecule has 3 N–H and O–H groups in total. The number of nitrogens with zero attached hydrogens (tertiary/aromatic N) is 2. The Morgan fingerprint density at radius 2 is 1.83 bits per heavy atom. The van der Waals surface area contributed by atoms with Crippen LogP contribution in [0.3, 0.4) is 0 Å². The first-order chi connectivity index (χ1) is 13.9. The molecule has 5 rings (SSSR count). The number of anilines is 1. The summed E-state index contributed by atoms with van der Waals surface area (Å²) in [6.07, 6.45) is 0. The molecule has 1 aliphatic rings. The fourth-order valence-electron chi connectivity index (χ4n) is 3.56. The molecule has 2 aromatic carbocycles. The SMILES string of the molecule is Cc1cc(-c2nc3ccccc3o2)ccc1-n1c(N)c2c(cc1=O)C(=O)NC2=O. The number of oxazole rings is 1. The molecule has 0 radical (unpaired) electrons. The number of benzene rings is 2. The molecule has 8 heteroatoms. The number of nitrogen functional groups attached to an aromatic ring is 1. The number of fused-ring (bicyclic) bond motifs is 2. The Morgan fingerprint density at radius 3 is 2.59 bits per heavy atom. The van der Waals surface area contributed by atoms with Gasteiger partial charge in [-0.05, 0) is 42.8 Å². The third kappa shape index (κ3) is 2.46. The molecule has 0 fully saturated rings. The van der Waals surface area contributed by atoms with Gasteiger partial charge in [-0.1, -0.05) is 12.1 Å². The summed E-state index contributed by atoms with van der Waals surface area (Å²) in [4.78, 5) is 41.0. The monoisotopic (exact) mass is 386 g/mol. The number of pyridine rings is 1. The topological polar surface area (TPSA) is 120 Å². The molecule has 0 aliphatic carbocycles. The molecule has 4 aromatic rings. The Labute approximate surface area is 163 Å². The van der Waals surface area contributed by atoms with E-state index in [1.165, 1.54) is 4.57 Å². The van der Waals surface area contributed by atoms with Crippen molar-refractivity contribution in [2.45, 2.75) is 6.92 Å². The molecule has 0 saturated carbocycles. The van der Waals surface area contributed by atoms with Crippen LogP contribution >= 0.6 is 0 Å². The summed E-state index contributed by atoms with van der Waals surface area (Å²) < 4.78 is 7.02. The predicted octanol–water partition coefficient (Wildman–Crippen LogP) is 2.42. The standard InChI is InChI=1S/C21H14N4O4/c1-10-8-11(21-23-13-4-2-3-5-15(13)29-21)6-7-14(10)25-16(26)9-12-17(18(25)22)20(28)24-19(12)27/h2-9H,22H2,1H3,(H,24,27,28). The fourth-order valence-corrected chi connectivity index (χ4v) is 3.56. The molecule has 0 spiro atoms. The summed E-state index contributed by atoms with van der Waals surface area (Å²) in [6, 6.07) is 13.9. The van der Waals surface area contributed by atoms with Crippen molar-refractivity contribution in [2.75, 3.05) is 5.73 Å². The van der Waals surface area contributed by atoms with Crippen LogP contribution in [0.25, 0.3) is 28.2 Å². The summed E-state index contributed by atoms with van der Waals surface area (Å²) in [6.45, 7) is 1.81. The number of imide groups is 1. The number of carbonyl (C=O) groups excluding carboxylic acids is 2. The Kier molecular flexibility index (Phi) is 3.44. The van der Waals surface area contributed by atoms with Crippen LogP contribution in [0.2, 0.25) is 0 Å². The average molecular weight is 386 g/mol. The van der Waals surface area contributed by atoms with E-state index >= 15 is 0 Å². The number of nitrogens with one attached hydrogen (secondary N) is 1.